The van der Waals surface area contributed by atoms with Crippen LogP contribution in [0.4, 0.5) is 0 Å². The van der Waals surface area contributed by atoms with Crippen molar-refractivity contribution in [2.75, 3.05) is 13.7 Å². The monoisotopic (exact) mass is 283 g/mol. The van der Waals surface area contributed by atoms with Gasteiger partial charge in [0.05, 0.1) is 19.8 Å². The van der Waals surface area contributed by atoms with E-state index in [1.165, 1.54) is 6.92 Å². The molecule has 0 bridgehead atoms. The predicted molar refractivity (Wildman–Crippen MR) is 74.1 cm³/mol. The fourth-order valence-electron chi connectivity index (χ4n) is 1.79. The average Bonchev–Trinajstić information content (AvgIpc) is 2.39. The van der Waals surface area contributed by atoms with Crippen molar-refractivity contribution >= 4 is 5.97 Å². The van der Waals surface area contributed by atoms with Gasteiger partial charge in [0.1, 0.15) is 6.04 Å². The van der Waals surface area contributed by atoms with Crippen LogP contribution in [0.2, 0.25) is 0 Å². The molecule has 0 heterocycles. The van der Waals surface area contributed by atoms with Crippen molar-refractivity contribution in [3.63, 3.8) is 0 Å². The number of aliphatic carboxylic acids is 1. The molecule has 1 rings (SSSR count). The molecule has 1 aromatic carbocycles. The van der Waals surface area contributed by atoms with Crippen LogP contribution in [0.25, 0.3) is 0 Å². The number of carbonyl (C=O) groups is 1. The summed E-state index contributed by atoms with van der Waals surface area (Å²) in [6.07, 6.45) is -0.975. The first-order valence-electron chi connectivity index (χ1n) is 6.43. The van der Waals surface area contributed by atoms with Crippen molar-refractivity contribution in [1.29, 1.82) is 0 Å². The Kier molecular flexibility index (Phi) is 6.27. The van der Waals surface area contributed by atoms with Crippen LogP contribution < -0.4 is 14.8 Å². The first-order valence-corrected chi connectivity index (χ1v) is 6.43. The minimum atomic E-state index is -1.08. The number of aliphatic hydroxyl groups excluding tert-OH is 1. The van der Waals surface area contributed by atoms with Gasteiger partial charge in [-0.05, 0) is 31.5 Å². The maximum atomic E-state index is 11.0. The quantitative estimate of drug-likeness (QED) is 0.660. The molecule has 6 heteroatoms. The summed E-state index contributed by atoms with van der Waals surface area (Å²) in [6.45, 7) is 4.13. The van der Waals surface area contributed by atoms with Crippen molar-refractivity contribution in [2.45, 2.75) is 32.5 Å². The Bertz CT molecular complexity index is 447. The summed E-state index contributed by atoms with van der Waals surface area (Å²) in [5, 5.41) is 21.2. The molecule has 20 heavy (non-hydrogen) atoms. The van der Waals surface area contributed by atoms with Gasteiger partial charge < -0.3 is 19.7 Å². The zero-order chi connectivity index (χ0) is 15.1. The van der Waals surface area contributed by atoms with Crippen LogP contribution in [0, 0.1) is 0 Å². The molecule has 0 aliphatic carbocycles. The third-order valence-corrected chi connectivity index (χ3v) is 2.80. The minimum Gasteiger partial charge on any atom is -0.493 e. The second-order valence-corrected chi connectivity index (χ2v) is 4.36. The van der Waals surface area contributed by atoms with Crippen molar-refractivity contribution in [2.24, 2.45) is 0 Å². The Hall–Kier alpha value is -1.79. The van der Waals surface area contributed by atoms with E-state index in [9.17, 15) is 9.90 Å². The lowest BCUT2D eigenvalue weighted by atomic mass is 10.1. The molecular weight excluding hydrogens is 262 g/mol. The summed E-state index contributed by atoms with van der Waals surface area (Å²) in [6, 6.07) is 4.36. The first kappa shape index (κ1) is 16.3. The topological polar surface area (TPSA) is 88.0 Å². The molecule has 0 aromatic heterocycles. The zero-order valence-electron chi connectivity index (χ0n) is 11.9. The van der Waals surface area contributed by atoms with Gasteiger partial charge in [0.25, 0.3) is 0 Å². The third kappa shape index (κ3) is 4.40. The lowest BCUT2D eigenvalue weighted by molar-refractivity contribution is -0.142. The van der Waals surface area contributed by atoms with E-state index in [4.69, 9.17) is 14.6 Å². The maximum absolute atomic E-state index is 11.0. The highest BCUT2D eigenvalue weighted by Gasteiger charge is 2.22. The number of methoxy groups -OCH3 is 1. The molecule has 0 radical (unpaired) electrons. The van der Waals surface area contributed by atoms with E-state index in [0.29, 0.717) is 24.7 Å². The number of benzene rings is 1. The second kappa shape index (κ2) is 7.72. The third-order valence-electron chi connectivity index (χ3n) is 2.80. The van der Waals surface area contributed by atoms with E-state index in [2.05, 4.69) is 5.32 Å². The van der Waals surface area contributed by atoms with Crippen molar-refractivity contribution in [3.8, 4) is 11.5 Å². The van der Waals surface area contributed by atoms with E-state index in [-0.39, 0.29) is 0 Å². The van der Waals surface area contributed by atoms with Gasteiger partial charge in [-0.3, -0.25) is 10.1 Å². The normalized spacial score (nSPS) is 13.6. The Morgan fingerprint density at radius 2 is 2.10 bits per heavy atom. The van der Waals surface area contributed by atoms with Gasteiger partial charge in [0, 0.05) is 6.54 Å². The number of hydrogen-bond acceptors (Lipinski definition) is 5. The lowest BCUT2D eigenvalue weighted by Crippen LogP contribution is -2.44. The predicted octanol–water partition coefficient (Wildman–Crippen LogP) is 1.02. The molecule has 0 saturated carbocycles. The molecule has 1 aromatic rings. The van der Waals surface area contributed by atoms with Crippen LogP contribution in [-0.2, 0) is 11.3 Å². The summed E-state index contributed by atoms with van der Waals surface area (Å²) in [7, 11) is 1.56. The zero-order valence-corrected chi connectivity index (χ0v) is 11.9. The summed E-state index contributed by atoms with van der Waals surface area (Å²) < 4.78 is 10.6. The summed E-state index contributed by atoms with van der Waals surface area (Å²) in [5.41, 5.74) is 0.848. The Balaban J connectivity index is 2.77. The highest BCUT2D eigenvalue weighted by molar-refractivity contribution is 5.74. The number of nitrogens with one attached hydrogen (secondary N) is 1. The fourth-order valence-corrected chi connectivity index (χ4v) is 1.79. The van der Waals surface area contributed by atoms with Crippen molar-refractivity contribution in [3.05, 3.63) is 23.8 Å². The minimum absolute atomic E-state index is 0.311. The van der Waals surface area contributed by atoms with Crippen molar-refractivity contribution < 1.29 is 24.5 Å². The molecule has 0 aliphatic heterocycles. The SMILES string of the molecule is CCOc1cc(CNC(C(=O)O)C(C)O)ccc1OC. The number of ether oxygens (including phenoxy) is 2. The largest absolute Gasteiger partial charge is 0.493 e. The van der Waals surface area contributed by atoms with Crippen LogP contribution in [0.15, 0.2) is 18.2 Å². The lowest BCUT2D eigenvalue weighted by Gasteiger charge is -2.17. The molecule has 0 aliphatic rings. The Morgan fingerprint density at radius 3 is 2.60 bits per heavy atom. The Labute approximate surface area is 118 Å². The molecule has 2 unspecified atom stereocenters. The van der Waals surface area contributed by atoms with Gasteiger partial charge in [-0.15, -0.1) is 0 Å². The van der Waals surface area contributed by atoms with Gasteiger partial charge in [0.2, 0.25) is 0 Å². The van der Waals surface area contributed by atoms with Crippen LogP contribution in [-0.4, -0.2) is 42.0 Å². The van der Waals surface area contributed by atoms with Gasteiger partial charge in [0.15, 0.2) is 11.5 Å². The number of aliphatic hydroxyl groups is 1. The first-order chi connectivity index (χ1) is 9.49. The van der Waals surface area contributed by atoms with Crippen LogP contribution in [0.1, 0.15) is 19.4 Å². The number of rotatable bonds is 8. The molecule has 0 saturated heterocycles. The van der Waals surface area contributed by atoms with E-state index in [1.807, 2.05) is 13.0 Å². The maximum Gasteiger partial charge on any atom is 0.323 e. The number of carboxylic acids is 1. The second-order valence-electron chi connectivity index (χ2n) is 4.36. The highest BCUT2D eigenvalue weighted by atomic mass is 16.5. The van der Waals surface area contributed by atoms with Crippen LogP contribution in [0.3, 0.4) is 0 Å². The summed E-state index contributed by atoms with van der Waals surface area (Å²) in [4.78, 5) is 11.0. The number of carboxylic acid groups (broad SMARTS) is 1. The standard InChI is InChI=1S/C14H21NO5/c1-4-20-12-7-10(5-6-11(12)19-3)8-15-13(9(2)16)14(17)18/h5-7,9,13,15-16H,4,8H2,1-3H3,(H,17,18). The van der Waals surface area contributed by atoms with Gasteiger partial charge in [-0.1, -0.05) is 6.07 Å². The van der Waals surface area contributed by atoms with Crippen LogP contribution in [0.5, 0.6) is 11.5 Å². The number of hydrogen-bond donors (Lipinski definition) is 3. The molecule has 0 amide bonds. The molecule has 6 nitrogen and oxygen atoms in total. The molecular formula is C14H21NO5. The molecule has 3 N–H and O–H groups in total. The van der Waals surface area contributed by atoms with E-state index in [1.54, 1.807) is 19.2 Å². The van der Waals surface area contributed by atoms with E-state index < -0.39 is 18.1 Å². The smallest absolute Gasteiger partial charge is 0.323 e. The average molecular weight is 283 g/mol. The fraction of sp³-hybridized carbons (Fsp3) is 0.500. The summed E-state index contributed by atoms with van der Waals surface area (Å²) >= 11 is 0. The Morgan fingerprint density at radius 1 is 1.40 bits per heavy atom. The summed E-state index contributed by atoms with van der Waals surface area (Å²) in [5.74, 6) is 0.151. The van der Waals surface area contributed by atoms with Gasteiger partial charge >= 0.3 is 5.97 Å². The van der Waals surface area contributed by atoms with E-state index in [0.717, 1.165) is 5.56 Å². The van der Waals surface area contributed by atoms with E-state index >= 15 is 0 Å². The molecule has 112 valence electrons. The van der Waals surface area contributed by atoms with Crippen molar-refractivity contribution in [1.82, 2.24) is 5.32 Å². The molecule has 0 fully saturated rings. The molecule has 2 atom stereocenters. The van der Waals surface area contributed by atoms with Crippen LogP contribution >= 0.6 is 0 Å². The highest BCUT2D eigenvalue weighted by Crippen LogP contribution is 2.28. The molecule has 0 spiro atoms. The van der Waals surface area contributed by atoms with Gasteiger partial charge in [-0.2, -0.15) is 0 Å². The van der Waals surface area contributed by atoms with Gasteiger partial charge in [-0.25, -0.2) is 0 Å².